The van der Waals surface area contributed by atoms with E-state index in [2.05, 4.69) is 10.6 Å². The van der Waals surface area contributed by atoms with Gasteiger partial charge in [-0.2, -0.15) is 0 Å². The lowest BCUT2D eigenvalue weighted by molar-refractivity contribution is -0.114. The molecule has 1 aliphatic rings. The number of nitrogens with one attached hydrogen (secondary N) is 2. The Morgan fingerprint density at radius 1 is 1.05 bits per heavy atom. The van der Waals surface area contributed by atoms with Crippen molar-refractivity contribution in [2.24, 2.45) is 7.05 Å². The Bertz CT molecular complexity index is 1770. The van der Waals surface area contributed by atoms with E-state index >= 15 is 0 Å². The number of fused-ring (bicyclic) bond motifs is 1. The standard InChI is InChI=1S/C26H23FIN5O4/c1-13-22-21(23(31(3)24(13)35)30-20-11-4-15(28)12-19(20)27)25(36)33(18-9-10-18)26(37)32(22)17-7-5-16(6-8-17)29-14(2)34/h4-8,11-12,18,30H,9-10H2,1-3H3,(H,29,34). The van der Waals surface area contributed by atoms with Crippen molar-refractivity contribution in [3.8, 4) is 5.69 Å². The van der Waals surface area contributed by atoms with E-state index in [1.165, 1.54) is 39.8 Å². The van der Waals surface area contributed by atoms with Crippen LogP contribution in [0, 0.1) is 16.3 Å². The van der Waals surface area contributed by atoms with Crippen molar-refractivity contribution in [1.29, 1.82) is 0 Å². The Morgan fingerprint density at radius 3 is 2.32 bits per heavy atom. The number of nitrogens with zero attached hydrogens (tertiary/aromatic N) is 3. The van der Waals surface area contributed by atoms with Gasteiger partial charge in [0.15, 0.2) is 0 Å². The smallest absolute Gasteiger partial charge is 0.336 e. The van der Waals surface area contributed by atoms with Gasteiger partial charge in [-0.25, -0.2) is 9.18 Å². The number of rotatable bonds is 5. The molecule has 9 nitrogen and oxygen atoms in total. The average molecular weight is 615 g/mol. The number of aromatic nitrogens is 3. The molecule has 0 radical (unpaired) electrons. The molecule has 11 heteroatoms. The number of hydrogen-bond acceptors (Lipinski definition) is 5. The van der Waals surface area contributed by atoms with Gasteiger partial charge in [-0.1, -0.05) is 0 Å². The summed E-state index contributed by atoms with van der Waals surface area (Å²) in [5.41, 5.74) is -0.141. The molecular formula is C26H23FIN5O4. The summed E-state index contributed by atoms with van der Waals surface area (Å²) in [7, 11) is 1.50. The number of hydrogen-bond donors (Lipinski definition) is 2. The minimum atomic E-state index is -0.560. The number of aryl methyl sites for hydroxylation is 1. The Labute approximate surface area is 223 Å². The molecule has 0 unspecified atom stereocenters. The van der Waals surface area contributed by atoms with Crippen molar-refractivity contribution in [1.82, 2.24) is 13.7 Å². The summed E-state index contributed by atoms with van der Waals surface area (Å²) in [4.78, 5) is 52.3. The quantitative estimate of drug-likeness (QED) is 0.331. The van der Waals surface area contributed by atoms with Crippen molar-refractivity contribution in [2.45, 2.75) is 32.7 Å². The highest BCUT2D eigenvalue weighted by atomic mass is 127. The van der Waals surface area contributed by atoms with Crippen molar-refractivity contribution in [3.05, 3.63) is 88.6 Å². The zero-order chi connectivity index (χ0) is 26.6. The summed E-state index contributed by atoms with van der Waals surface area (Å²) in [6, 6.07) is 10.9. The molecule has 0 aliphatic heterocycles. The van der Waals surface area contributed by atoms with Crippen LogP contribution in [0.5, 0.6) is 0 Å². The molecule has 1 saturated carbocycles. The molecule has 5 rings (SSSR count). The number of pyridine rings is 1. The molecule has 4 aromatic rings. The van der Waals surface area contributed by atoms with E-state index in [9.17, 15) is 23.6 Å². The van der Waals surface area contributed by atoms with E-state index in [0.29, 0.717) is 27.8 Å². The number of benzene rings is 2. The Kier molecular flexibility index (Phi) is 6.26. The van der Waals surface area contributed by atoms with Crippen LogP contribution in [0.2, 0.25) is 0 Å². The highest BCUT2D eigenvalue weighted by Crippen LogP contribution is 2.34. The highest BCUT2D eigenvalue weighted by Gasteiger charge is 2.31. The summed E-state index contributed by atoms with van der Waals surface area (Å²) < 4.78 is 19.3. The summed E-state index contributed by atoms with van der Waals surface area (Å²) in [6.45, 7) is 2.95. The van der Waals surface area contributed by atoms with E-state index in [4.69, 9.17) is 0 Å². The lowest BCUT2D eigenvalue weighted by Gasteiger charge is -2.20. The normalized spacial score (nSPS) is 13.1. The van der Waals surface area contributed by atoms with Crippen LogP contribution in [0.1, 0.15) is 31.4 Å². The zero-order valence-corrected chi connectivity index (χ0v) is 22.4. The van der Waals surface area contributed by atoms with Crippen LogP contribution in [-0.2, 0) is 11.8 Å². The third kappa shape index (κ3) is 4.37. The maximum atomic E-state index is 14.8. The van der Waals surface area contributed by atoms with Crippen LogP contribution in [-0.4, -0.2) is 19.6 Å². The molecule has 190 valence electrons. The lowest BCUT2D eigenvalue weighted by Crippen LogP contribution is -2.41. The second kappa shape index (κ2) is 9.29. The number of amides is 1. The fourth-order valence-corrected chi connectivity index (χ4v) is 4.92. The second-order valence-electron chi connectivity index (χ2n) is 9.06. The van der Waals surface area contributed by atoms with Gasteiger partial charge in [0, 0.05) is 34.8 Å². The SMILES string of the molecule is CC(=O)Nc1ccc(-n2c(=O)n(C3CC3)c(=O)c3c(Nc4ccc(I)cc4F)n(C)c(=O)c(C)c32)cc1. The number of anilines is 3. The topological polar surface area (TPSA) is 107 Å². The third-order valence-corrected chi connectivity index (χ3v) is 7.06. The minimum absolute atomic E-state index is 0.0914. The van der Waals surface area contributed by atoms with Crippen molar-refractivity contribution < 1.29 is 9.18 Å². The van der Waals surface area contributed by atoms with Gasteiger partial charge >= 0.3 is 5.69 Å². The van der Waals surface area contributed by atoms with Gasteiger partial charge in [0.05, 0.1) is 16.9 Å². The monoisotopic (exact) mass is 615 g/mol. The van der Waals surface area contributed by atoms with Gasteiger partial charge in [-0.05, 0) is 84.8 Å². The van der Waals surface area contributed by atoms with Gasteiger partial charge < -0.3 is 10.6 Å². The Morgan fingerprint density at radius 2 is 1.73 bits per heavy atom. The predicted octanol–water partition coefficient (Wildman–Crippen LogP) is 3.94. The molecule has 0 atom stereocenters. The molecule has 0 spiro atoms. The van der Waals surface area contributed by atoms with Crippen LogP contribution in [0.4, 0.5) is 21.6 Å². The molecule has 1 amide bonds. The second-order valence-corrected chi connectivity index (χ2v) is 10.3. The molecular weight excluding hydrogens is 592 g/mol. The van der Waals surface area contributed by atoms with Crippen molar-refractivity contribution in [3.63, 3.8) is 0 Å². The summed E-state index contributed by atoms with van der Waals surface area (Å²) >= 11 is 1.99. The lowest BCUT2D eigenvalue weighted by atomic mass is 10.1. The number of carbonyl (C=O) groups is 1. The number of halogens is 2. The van der Waals surface area contributed by atoms with E-state index in [-0.39, 0.29) is 39.9 Å². The Balaban J connectivity index is 1.86. The van der Waals surface area contributed by atoms with E-state index in [1.54, 1.807) is 37.3 Å². The first-order chi connectivity index (χ1) is 17.6. The first kappa shape index (κ1) is 24.9. The minimum Gasteiger partial charge on any atom is -0.338 e. The number of carbonyl (C=O) groups excluding carboxylic acids is 1. The summed E-state index contributed by atoms with van der Waals surface area (Å²) in [6.07, 6.45) is 1.36. The zero-order valence-electron chi connectivity index (χ0n) is 20.3. The van der Waals surface area contributed by atoms with Gasteiger partial charge in [0.1, 0.15) is 17.0 Å². The van der Waals surface area contributed by atoms with Crippen molar-refractivity contribution in [2.75, 3.05) is 10.6 Å². The largest absolute Gasteiger partial charge is 0.338 e. The maximum absolute atomic E-state index is 14.8. The third-order valence-electron chi connectivity index (χ3n) is 6.39. The van der Waals surface area contributed by atoms with Crippen LogP contribution in [0.25, 0.3) is 16.6 Å². The summed E-state index contributed by atoms with van der Waals surface area (Å²) in [5.74, 6) is -0.693. The predicted molar refractivity (Wildman–Crippen MR) is 149 cm³/mol. The fraction of sp³-hybridized carbons (Fsp3) is 0.231. The molecule has 2 aromatic heterocycles. The molecule has 0 bridgehead atoms. The fourth-order valence-electron chi connectivity index (χ4n) is 4.47. The van der Waals surface area contributed by atoms with E-state index in [1.807, 2.05) is 22.6 Å². The van der Waals surface area contributed by atoms with Crippen LogP contribution >= 0.6 is 22.6 Å². The average Bonchev–Trinajstić information content (AvgIpc) is 3.67. The Hall–Kier alpha value is -3.74. The summed E-state index contributed by atoms with van der Waals surface area (Å²) in [5, 5.41) is 5.73. The van der Waals surface area contributed by atoms with Gasteiger partial charge in [0.2, 0.25) is 5.91 Å². The molecule has 2 aromatic carbocycles. The molecule has 2 heterocycles. The van der Waals surface area contributed by atoms with Gasteiger partial charge in [-0.15, -0.1) is 0 Å². The van der Waals surface area contributed by atoms with Crippen molar-refractivity contribution >= 4 is 56.6 Å². The van der Waals surface area contributed by atoms with Crippen LogP contribution in [0.3, 0.4) is 0 Å². The van der Waals surface area contributed by atoms with Gasteiger partial charge in [-0.3, -0.25) is 28.1 Å². The first-order valence-electron chi connectivity index (χ1n) is 11.6. The van der Waals surface area contributed by atoms with E-state index in [0.717, 1.165) is 0 Å². The van der Waals surface area contributed by atoms with E-state index < -0.39 is 22.6 Å². The molecule has 2 N–H and O–H groups in total. The molecule has 1 aliphatic carbocycles. The van der Waals surface area contributed by atoms with Crippen LogP contribution in [0.15, 0.2) is 56.8 Å². The molecule has 0 saturated heterocycles. The molecule has 37 heavy (non-hydrogen) atoms. The van der Waals surface area contributed by atoms with Crippen LogP contribution < -0.4 is 27.4 Å². The molecule has 1 fully saturated rings. The maximum Gasteiger partial charge on any atom is 0.336 e. The van der Waals surface area contributed by atoms with Gasteiger partial charge in [0.25, 0.3) is 11.1 Å². The first-order valence-corrected chi connectivity index (χ1v) is 12.7. The highest BCUT2D eigenvalue weighted by molar-refractivity contribution is 14.1.